The number of thioether (sulfide) groups is 1. The number of aromatic nitrogens is 2. The maximum Gasteiger partial charge on any atom is 0.281 e. The summed E-state index contributed by atoms with van der Waals surface area (Å²) in [5.41, 5.74) is 2.52. The van der Waals surface area contributed by atoms with E-state index in [9.17, 15) is 4.79 Å². The minimum absolute atomic E-state index is 0.216. The van der Waals surface area contributed by atoms with E-state index < -0.39 is 0 Å². The van der Waals surface area contributed by atoms with Gasteiger partial charge in [-0.1, -0.05) is 42.1 Å². The molecule has 132 valence electrons. The number of hydrogen-bond acceptors (Lipinski definition) is 3. The second-order valence-electron chi connectivity index (χ2n) is 6.26. The van der Waals surface area contributed by atoms with Gasteiger partial charge in [0.15, 0.2) is 5.17 Å². The second kappa shape index (κ2) is 7.74. The van der Waals surface area contributed by atoms with Crippen LogP contribution in [0.2, 0.25) is 0 Å². The molecule has 1 aliphatic rings. The van der Waals surface area contributed by atoms with E-state index in [2.05, 4.69) is 32.0 Å². The molecular formula is C20H20N4OS. The predicted molar refractivity (Wildman–Crippen MR) is 106 cm³/mol. The normalized spacial score (nSPS) is 16.8. The average Bonchev–Trinajstić information content (AvgIpc) is 2.99. The molecule has 0 aliphatic carbocycles. The third-order valence-electron chi connectivity index (χ3n) is 4.42. The Balaban J connectivity index is 1.62. The summed E-state index contributed by atoms with van der Waals surface area (Å²) in [5, 5.41) is 1.63. The quantitative estimate of drug-likeness (QED) is 0.760. The number of benzene rings is 1. The number of nitrogens with zero attached hydrogens (tertiary/aromatic N) is 3. The summed E-state index contributed by atoms with van der Waals surface area (Å²) in [6.45, 7) is 1.69. The summed E-state index contributed by atoms with van der Waals surface area (Å²) in [4.78, 5) is 26.8. The SMILES string of the molecule is O=C(N=C1SCCCCN1Cc1ccccc1)c1c[nH]c2ncccc12. The highest BCUT2D eigenvalue weighted by Crippen LogP contribution is 2.22. The molecule has 0 unspecified atom stereocenters. The van der Waals surface area contributed by atoms with Gasteiger partial charge in [0.1, 0.15) is 5.65 Å². The van der Waals surface area contributed by atoms with Gasteiger partial charge in [0.05, 0.1) is 5.56 Å². The molecule has 0 radical (unpaired) electrons. The Morgan fingerprint density at radius 3 is 2.96 bits per heavy atom. The summed E-state index contributed by atoms with van der Waals surface area (Å²) in [7, 11) is 0. The number of pyridine rings is 1. The summed E-state index contributed by atoms with van der Waals surface area (Å²) >= 11 is 1.67. The average molecular weight is 364 g/mol. The van der Waals surface area contributed by atoms with Gasteiger partial charge in [-0.15, -0.1) is 0 Å². The minimum atomic E-state index is -0.216. The largest absolute Gasteiger partial charge is 0.347 e. The molecule has 1 N–H and O–H groups in total. The first-order chi connectivity index (χ1) is 12.8. The number of carbonyl (C=O) groups excluding carboxylic acids is 1. The van der Waals surface area contributed by atoms with Crippen molar-refractivity contribution in [2.45, 2.75) is 19.4 Å². The number of rotatable bonds is 3. The maximum atomic E-state index is 12.8. The Bertz CT molecular complexity index is 935. The summed E-state index contributed by atoms with van der Waals surface area (Å²) < 4.78 is 0. The Labute approximate surface area is 156 Å². The smallest absolute Gasteiger partial charge is 0.281 e. The number of aromatic amines is 1. The fourth-order valence-electron chi connectivity index (χ4n) is 3.09. The highest BCUT2D eigenvalue weighted by atomic mass is 32.2. The summed E-state index contributed by atoms with van der Waals surface area (Å²) in [5.74, 6) is 0.777. The van der Waals surface area contributed by atoms with E-state index in [1.54, 1.807) is 24.2 Å². The van der Waals surface area contributed by atoms with Gasteiger partial charge in [-0.25, -0.2) is 4.98 Å². The molecule has 0 bridgehead atoms. The van der Waals surface area contributed by atoms with Gasteiger partial charge >= 0.3 is 0 Å². The van der Waals surface area contributed by atoms with Crippen molar-refractivity contribution in [1.82, 2.24) is 14.9 Å². The van der Waals surface area contributed by atoms with Gasteiger partial charge in [-0.2, -0.15) is 4.99 Å². The molecule has 26 heavy (non-hydrogen) atoms. The van der Waals surface area contributed by atoms with E-state index in [1.807, 2.05) is 30.3 Å². The first kappa shape index (κ1) is 16.8. The van der Waals surface area contributed by atoms with Gasteiger partial charge < -0.3 is 9.88 Å². The number of hydrogen-bond donors (Lipinski definition) is 1. The number of fused-ring (bicyclic) bond motifs is 1. The van der Waals surface area contributed by atoms with Crippen LogP contribution < -0.4 is 0 Å². The highest BCUT2D eigenvalue weighted by molar-refractivity contribution is 8.13. The molecule has 1 aliphatic heterocycles. The number of aliphatic imine (C=N–C) groups is 1. The third kappa shape index (κ3) is 3.65. The van der Waals surface area contributed by atoms with E-state index >= 15 is 0 Å². The monoisotopic (exact) mass is 364 g/mol. The standard InChI is InChI=1S/C20H20N4OS/c25-19(17-13-22-18-16(17)9-6-10-21-18)23-20-24(11-4-5-12-26-20)14-15-7-2-1-3-8-15/h1-3,6-10,13H,4-5,11-12,14H2,(H,21,22). The van der Waals surface area contributed by atoms with Crippen LogP contribution >= 0.6 is 11.8 Å². The number of amides is 1. The third-order valence-corrected chi connectivity index (χ3v) is 5.52. The zero-order chi connectivity index (χ0) is 17.8. The fourth-order valence-corrected chi connectivity index (χ4v) is 4.11. The number of amidine groups is 1. The lowest BCUT2D eigenvalue weighted by Crippen LogP contribution is -2.29. The highest BCUT2D eigenvalue weighted by Gasteiger charge is 2.19. The van der Waals surface area contributed by atoms with Gasteiger partial charge in [0, 0.05) is 36.6 Å². The second-order valence-corrected chi connectivity index (χ2v) is 7.33. The first-order valence-electron chi connectivity index (χ1n) is 8.78. The Morgan fingerprint density at radius 2 is 2.08 bits per heavy atom. The van der Waals surface area contributed by atoms with Crippen LogP contribution in [0.1, 0.15) is 28.8 Å². The summed E-state index contributed by atoms with van der Waals surface area (Å²) in [6, 6.07) is 14.1. The van der Waals surface area contributed by atoms with Crippen molar-refractivity contribution in [3.05, 3.63) is 66.0 Å². The van der Waals surface area contributed by atoms with Crippen molar-refractivity contribution in [2.24, 2.45) is 4.99 Å². The lowest BCUT2D eigenvalue weighted by molar-refractivity contribution is 0.100. The van der Waals surface area contributed by atoms with Gasteiger partial charge in [-0.05, 0) is 30.5 Å². The number of nitrogens with one attached hydrogen (secondary N) is 1. The van der Waals surface area contributed by atoms with Crippen LogP contribution in [0.3, 0.4) is 0 Å². The minimum Gasteiger partial charge on any atom is -0.347 e. The van der Waals surface area contributed by atoms with Crippen molar-refractivity contribution >= 4 is 33.9 Å². The lowest BCUT2D eigenvalue weighted by atomic mass is 10.2. The molecular weight excluding hydrogens is 344 g/mol. The van der Waals surface area contributed by atoms with Gasteiger partial charge in [0.2, 0.25) is 0 Å². The van der Waals surface area contributed by atoms with Crippen molar-refractivity contribution in [3.63, 3.8) is 0 Å². The van der Waals surface area contributed by atoms with Crippen molar-refractivity contribution in [1.29, 1.82) is 0 Å². The molecule has 3 aromatic rings. The van der Waals surface area contributed by atoms with E-state index in [0.29, 0.717) is 11.2 Å². The molecule has 0 saturated carbocycles. The topological polar surface area (TPSA) is 61.4 Å². The van der Waals surface area contributed by atoms with E-state index in [0.717, 1.165) is 42.2 Å². The molecule has 1 amide bonds. The van der Waals surface area contributed by atoms with Crippen molar-refractivity contribution in [3.8, 4) is 0 Å². The summed E-state index contributed by atoms with van der Waals surface area (Å²) in [6.07, 6.45) is 5.67. The van der Waals surface area contributed by atoms with Crippen LogP contribution in [0, 0.1) is 0 Å². The Morgan fingerprint density at radius 1 is 1.19 bits per heavy atom. The maximum absolute atomic E-state index is 12.8. The van der Waals surface area contributed by atoms with Crippen LogP contribution in [0.15, 0.2) is 59.9 Å². The zero-order valence-electron chi connectivity index (χ0n) is 14.4. The van der Waals surface area contributed by atoms with Crippen molar-refractivity contribution < 1.29 is 4.79 Å². The van der Waals surface area contributed by atoms with Crippen LogP contribution in [0.5, 0.6) is 0 Å². The molecule has 3 heterocycles. The van der Waals surface area contributed by atoms with E-state index in [1.165, 1.54) is 5.56 Å². The van der Waals surface area contributed by atoms with Crippen LogP contribution in [-0.4, -0.2) is 38.2 Å². The van der Waals surface area contributed by atoms with E-state index in [-0.39, 0.29) is 5.91 Å². The van der Waals surface area contributed by atoms with Crippen LogP contribution in [0.25, 0.3) is 11.0 Å². The lowest BCUT2D eigenvalue weighted by Gasteiger charge is -2.23. The van der Waals surface area contributed by atoms with Crippen molar-refractivity contribution in [2.75, 3.05) is 12.3 Å². The van der Waals surface area contributed by atoms with Crippen LogP contribution in [0.4, 0.5) is 0 Å². The molecule has 1 aromatic carbocycles. The molecule has 1 saturated heterocycles. The molecule has 6 heteroatoms. The fraction of sp³-hybridized carbons (Fsp3) is 0.250. The van der Waals surface area contributed by atoms with Crippen LogP contribution in [-0.2, 0) is 6.54 Å². The number of carbonyl (C=O) groups is 1. The molecule has 5 nitrogen and oxygen atoms in total. The molecule has 0 atom stereocenters. The molecule has 4 rings (SSSR count). The Kier molecular flexibility index (Phi) is 5.02. The van der Waals surface area contributed by atoms with Gasteiger partial charge in [-0.3, -0.25) is 4.79 Å². The zero-order valence-corrected chi connectivity index (χ0v) is 15.2. The number of H-pyrrole nitrogens is 1. The first-order valence-corrected chi connectivity index (χ1v) is 9.76. The molecule has 2 aromatic heterocycles. The molecule has 1 fully saturated rings. The predicted octanol–water partition coefficient (Wildman–Crippen LogP) is 4.09. The Hall–Kier alpha value is -2.60. The van der Waals surface area contributed by atoms with E-state index in [4.69, 9.17) is 0 Å². The molecule has 0 spiro atoms. The van der Waals surface area contributed by atoms with Gasteiger partial charge in [0.25, 0.3) is 5.91 Å².